The number of urea groups is 1. The Balaban J connectivity index is 1.55. The number of hydrogen-bond acceptors (Lipinski definition) is 4. The topological polar surface area (TPSA) is 63.2 Å². The predicted octanol–water partition coefficient (Wildman–Crippen LogP) is 5.66. The van der Waals surface area contributed by atoms with Crippen molar-refractivity contribution in [3.63, 3.8) is 0 Å². The van der Waals surface area contributed by atoms with Crippen LogP contribution in [0.5, 0.6) is 11.5 Å². The Labute approximate surface area is 195 Å². The Bertz CT molecular complexity index is 1250. The zero-order valence-corrected chi connectivity index (χ0v) is 18.8. The van der Waals surface area contributed by atoms with Gasteiger partial charge in [0.05, 0.1) is 26.0 Å². The largest absolute Gasteiger partial charge is 0.493 e. The molecule has 5 rings (SSSR count). The molecule has 0 saturated heterocycles. The highest BCUT2D eigenvalue weighted by molar-refractivity contribution is 6.30. The van der Waals surface area contributed by atoms with E-state index in [0.717, 1.165) is 22.4 Å². The summed E-state index contributed by atoms with van der Waals surface area (Å²) in [5.41, 5.74) is 4.26. The van der Waals surface area contributed by atoms with Gasteiger partial charge in [0.1, 0.15) is 5.82 Å². The van der Waals surface area contributed by atoms with Crippen molar-refractivity contribution in [1.82, 2.24) is 5.01 Å². The number of ether oxygens (including phenoxy) is 2. The molecule has 2 aliphatic rings. The zero-order valence-electron chi connectivity index (χ0n) is 18.0. The summed E-state index contributed by atoms with van der Waals surface area (Å²) in [5, 5.41) is 9.65. The zero-order chi connectivity index (χ0) is 23.1. The number of nitrogens with zero attached hydrogens (tertiary/aromatic N) is 2. The number of hydrazone groups is 1. The molecule has 2 unspecified atom stereocenters. The van der Waals surface area contributed by atoms with E-state index >= 15 is 0 Å². The van der Waals surface area contributed by atoms with Gasteiger partial charge in [-0.3, -0.25) is 0 Å². The van der Waals surface area contributed by atoms with Gasteiger partial charge < -0.3 is 14.8 Å². The van der Waals surface area contributed by atoms with E-state index in [9.17, 15) is 9.18 Å². The third kappa shape index (κ3) is 3.78. The second-order valence-corrected chi connectivity index (χ2v) is 8.37. The fourth-order valence-electron chi connectivity index (χ4n) is 4.52. The van der Waals surface area contributed by atoms with Gasteiger partial charge in [0.15, 0.2) is 11.5 Å². The molecule has 1 aliphatic heterocycles. The molecule has 3 aromatic rings. The molecule has 1 aliphatic carbocycles. The van der Waals surface area contributed by atoms with E-state index in [1.807, 2.05) is 24.3 Å². The summed E-state index contributed by atoms with van der Waals surface area (Å²) in [5.74, 6) is 0.851. The van der Waals surface area contributed by atoms with Gasteiger partial charge in [-0.1, -0.05) is 23.7 Å². The van der Waals surface area contributed by atoms with Crippen molar-refractivity contribution in [2.75, 3.05) is 19.5 Å². The molecule has 0 saturated carbocycles. The Morgan fingerprint density at radius 1 is 1.06 bits per heavy atom. The molecule has 1 heterocycles. The van der Waals surface area contributed by atoms with Gasteiger partial charge in [-0.15, -0.1) is 0 Å². The highest BCUT2D eigenvalue weighted by atomic mass is 35.5. The fraction of sp³-hybridized carbons (Fsp3) is 0.200. The number of rotatable bonds is 4. The lowest BCUT2D eigenvalue weighted by molar-refractivity contribution is 0.190. The van der Waals surface area contributed by atoms with Crippen LogP contribution in [0.2, 0.25) is 5.02 Å². The number of carbonyl (C=O) groups is 1. The van der Waals surface area contributed by atoms with Crippen LogP contribution in [-0.4, -0.2) is 31.0 Å². The van der Waals surface area contributed by atoms with E-state index in [1.165, 1.54) is 29.3 Å². The summed E-state index contributed by atoms with van der Waals surface area (Å²) in [7, 11) is 3.20. The molecule has 33 heavy (non-hydrogen) atoms. The minimum Gasteiger partial charge on any atom is -0.493 e. The average molecular weight is 466 g/mol. The molecular weight excluding hydrogens is 445 g/mol. The second kappa shape index (κ2) is 8.41. The SMILES string of the molecule is COc1cc2c(cc1OC)C1=NN(C(=O)Nc3ccc(F)cc3)C(c3ccc(Cl)cc3)C1C2. The minimum atomic E-state index is -0.398. The monoisotopic (exact) mass is 465 g/mol. The van der Waals surface area contributed by atoms with E-state index < -0.39 is 6.03 Å². The third-order valence-corrected chi connectivity index (χ3v) is 6.30. The summed E-state index contributed by atoms with van der Waals surface area (Å²) in [6.07, 6.45) is 0.697. The number of nitrogens with one attached hydrogen (secondary N) is 1. The molecule has 2 atom stereocenters. The van der Waals surface area contributed by atoms with Gasteiger partial charge in [0, 0.05) is 22.2 Å². The van der Waals surface area contributed by atoms with Crippen LogP contribution in [0.4, 0.5) is 14.9 Å². The van der Waals surface area contributed by atoms with E-state index in [0.29, 0.717) is 28.6 Å². The first-order valence-electron chi connectivity index (χ1n) is 10.4. The quantitative estimate of drug-likeness (QED) is 0.540. The smallest absolute Gasteiger partial charge is 0.342 e. The van der Waals surface area contributed by atoms with Crippen molar-refractivity contribution >= 4 is 29.0 Å². The normalized spacial score (nSPS) is 18.4. The lowest BCUT2D eigenvalue weighted by Crippen LogP contribution is -2.34. The Morgan fingerprint density at radius 2 is 1.73 bits per heavy atom. The van der Waals surface area contributed by atoms with Crippen molar-refractivity contribution < 1.29 is 18.7 Å². The summed E-state index contributed by atoms with van der Waals surface area (Å²) < 4.78 is 24.2. The highest BCUT2D eigenvalue weighted by Crippen LogP contribution is 2.47. The van der Waals surface area contributed by atoms with Crippen molar-refractivity contribution in [3.05, 3.63) is 88.2 Å². The lowest BCUT2D eigenvalue weighted by atomic mass is 9.90. The summed E-state index contributed by atoms with van der Waals surface area (Å²) >= 11 is 6.11. The van der Waals surface area contributed by atoms with Gasteiger partial charge in [-0.25, -0.2) is 14.2 Å². The number of fused-ring (bicyclic) bond motifs is 3. The lowest BCUT2D eigenvalue weighted by Gasteiger charge is -2.26. The number of carbonyl (C=O) groups excluding carboxylic acids is 1. The Kier molecular flexibility index (Phi) is 5.42. The Morgan fingerprint density at radius 3 is 2.39 bits per heavy atom. The number of anilines is 1. The van der Waals surface area contributed by atoms with Crippen molar-refractivity contribution in [2.45, 2.75) is 12.5 Å². The number of halogens is 2. The maximum atomic E-state index is 13.3. The molecule has 1 N–H and O–H groups in total. The fourth-order valence-corrected chi connectivity index (χ4v) is 4.64. The van der Waals surface area contributed by atoms with Crippen LogP contribution >= 0.6 is 11.6 Å². The molecule has 0 spiro atoms. The number of methoxy groups -OCH3 is 2. The van der Waals surface area contributed by atoms with Crippen LogP contribution in [0.25, 0.3) is 0 Å². The van der Waals surface area contributed by atoms with Crippen LogP contribution in [0.15, 0.2) is 65.8 Å². The van der Waals surface area contributed by atoms with Gasteiger partial charge in [0.25, 0.3) is 0 Å². The molecule has 0 radical (unpaired) electrons. The van der Waals surface area contributed by atoms with Crippen molar-refractivity contribution in [3.8, 4) is 11.5 Å². The highest BCUT2D eigenvalue weighted by Gasteiger charge is 2.46. The first-order chi connectivity index (χ1) is 16.0. The maximum absolute atomic E-state index is 13.3. The first-order valence-corrected chi connectivity index (χ1v) is 10.8. The third-order valence-electron chi connectivity index (χ3n) is 6.05. The standard InChI is InChI=1S/C25H21ClFN3O3/c1-32-21-12-15-11-20-23(19(15)13-22(21)33-2)29-30(24(20)14-3-5-16(26)6-4-14)25(31)28-18-9-7-17(27)8-10-18/h3-10,12-13,20,24H,11H2,1-2H3,(H,28,31). The van der Waals surface area contributed by atoms with Crippen molar-refractivity contribution in [1.29, 1.82) is 0 Å². The van der Waals surface area contributed by atoms with Crippen LogP contribution in [-0.2, 0) is 6.42 Å². The molecule has 2 amide bonds. The molecule has 168 valence electrons. The van der Waals surface area contributed by atoms with E-state index in [4.69, 9.17) is 26.2 Å². The van der Waals surface area contributed by atoms with Gasteiger partial charge >= 0.3 is 6.03 Å². The van der Waals surface area contributed by atoms with Gasteiger partial charge in [-0.05, 0) is 66.1 Å². The van der Waals surface area contributed by atoms with Crippen LogP contribution in [0.1, 0.15) is 22.7 Å². The average Bonchev–Trinajstić information content (AvgIpc) is 3.36. The van der Waals surface area contributed by atoms with Crippen LogP contribution < -0.4 is 14.8 Å². The molecular formula is C25H21ClFN3O3. The maximum Gasteiger partial charge on any atom is 0.342 e. The summed E-state index contributed by atoms with van der Waals surface area (Å²) in [4.78, 5) is 13.3. The predicted molar refractivity (Wildman–Crippen MR) is 125 cm³/mol. The van der Waals surface area contributed by atoms with Gasteiger partial charge in [0.2, 0.25) is 0 Å². The van der Waals surface area contributed by atoms with E-state index in [2.05, 4.69) is 5.32 Å². The molecule has 0 aromatic heterocycles. The number of amides is 2. The first kappa shape index (κ1) is 21.3. The second-order valence-electron chi connectivity index (χ2n) is 7.94. The molecule has 0 bridgehead atoms. The summed E-state index contributed by atoms with van der Waals surface area (Å²) in [6.45, 7) is 0. The number of benzene rings is 3. The molecule has 0 fully saturated rings. The van der Waals surface area contributed by atoms with Crippen LogP contribution in [0, 0.1) is 11.7 Å². The van der Waals surface area contributed by atoms with Gasteiger partial charge in [-0.2, -0.15) is 5.10 Å². The van der Waals surface area contributed by atoms with E-state index in [-0.39, 0.29) is 17.8 Å². The Hall–Kier alpha value is -3.58. The summed E-state index contributed by atoms with van der Waals surface area (Å²) in [6, 6.07) is 16.2. The molecule has 6 nitrogen and oxygen atoms in total. The van der Waals surface area contributed by atoms with E-state index in [1.54, 1.807) is 26.4 Å². The molecule has 8 heteroatoms. The number of hydrogen-bond donors (Lipinski definition) is 1. The van der Waals surface area contributed by atoms with Crippen LogP contribution in [0.3, 0.4) is 0 Å². The minimum absolute atomic E-state index is 0.0445. The van der Waals surface area contributed by atoms with Crippen molar-refractivity contribution in [2.24, 2.45) is 11.0 Å². The molecule has 3 aromatic carbocycles.